The number of rotatable bonds is 5. The predicted molar refractivity (Wildman–Crippen MR) is 254 cm³/mol. The fourth-order valence-electron chi connectivity index (χ4n) is 10.4. The van der Waals surface area contributed by atoms with Crippen LogP contribution in [0.1, 0.15) is 25.0 Å². The molecular weight excluding hydrogens is 741 g/mol. The van der Waals surface area contributed by atoms with Gasteiger partial charge < -0.3 is 0 Å². The Balaban J connectivity index is 0.912. The molecule has 0 N–H and O–H groups in total. The van der Waals surface area contributed by atoms with Crippen LogP contribution in [0.25, 0.3) is 77.7 Å². The van der Waals surface area contributed by atoms with Crippen LogP contribution in [-0.4, -0.2) is 18.0 Å². The molecule has 1 aliphatic heterocycles. The molecule has 0 unspecified atom stereocenters. The van der Waals surface area contributed by atoms with E-state index in [0.717, 1.165) is 44.3 Å². The summed E-state index contributed by atoms with van der Waals surface area (Å²) in [5, 5.41) is 7.92. The lowest BCUT2D eigenvalue weighted by Gasteiger charge is -2.31. The van der Waals surface area contributed by atoms with Crippen LogP contribution in [-0.2, 0) is 5.41 Å². The largest absolute Gasteiger partial charge is 0.245 e. The number of hydrogen-bond acceptors (Lipinski definition) is 2. The number of pyridine rings is 2. The molecule has 2 nitrogen and oxygen atoms in total. The van der Waals surface area contributed by atoms with Gasteiger partial charge >= 0.3 is 0 Å². The SMILES string of the molecule is CC1(C)c2ccccc2-c2ccc(-c3ccc4ccc5ccc(-c6ccc(-c7ccc8c(c7)-c7ccccc7[Si]8(c7ccccc7)c7ccccc7)cc6)nc5c4n3)cc21. The van der Waals surface area contributed by atoms with Gasteiger partial charge in [-0.05, 0) is 89.5 Å². The minimum atomic E-state index is -2.50. The molecule has 0 saturated heterocycles. The maximum Gasteiger partial charge on any atom is 0.180 e. The maximum atomic E-state index is 5.32. The average molecular weight is 781 g/mol. The van der Waals surface area contributed by atoms with Crippen molar-refractivity contribution in [3.63, 3.8) is 0 Å². The van der Waals surface area contributed by atoms with Crippen molar-refractivity contribution >= 4 is 50.6 Å². The van der Waals surface area contributed by atoms with Crippen LogP contribution in [0.15, 0.2) is 206 Å². The summed E-state index contributed by atoms with van der Waals surface area (Å²) in [6.45, 7) is 4.66. The molecule has 3 heterocycles. The topological polar surface area (TPSA) is 25.8 Å². The maximum absolute atomic E-state index is 5.32. The van der Waals surface area contributed by atoms with Crippen LogP contribution in [0.4, 0.5) is 0 Å². The van der Waals surface area contributed by atoms with E-state index in [4.69, 9.17) is 9.97 Å². The summed E-state index contributed by atoms with van der Waals surface area (Å²) in [6.07, 6.45) is 0. The first kappa shape index (κ1) is 34.8. The van der Waals surface area contributed by atoms with Gasteiger partial charge in [-0.1, -0.05) is 196 Å². The highest BCUT2D eigenvalue weighted by Gasteiger charge is 2.48. The van der Waals surface area contributed by atoms with Crippen molar-refractivity contribution < 1.29 is 0 Å². The Hall–Kier alpha value is -7.20. The molecule has 2 aromatic heterocycles. The lowest BCUT2D eigenvalue weighted by molar-refractivity contribution is 0.660. The summed E-state index contributed by atoms with van der Waals surface area (Å²) in [5.41, 5.74) is 16.4. The summed E-state index contributed by atoms with van der Waals surface area (Å²) >= 11 is 0. The summed E-state index contributed by atoms with van der Waals surface area (Å²) in [4.78, 5) is 10.6. The van der Waals surface area contributed by atoms with Crippen molar-refractivity contribution in [1.29, 1.82) is 0 Å². The van der Waals surface area contributed by atoms with E-state index in [1.807, 2.05) is 0 Å². The van der Waals surface area contributed by atoms with Gasteiger partial charge in [0.05, 0.1) is 22.4 Å². The van der Waals surface area contributed by atoms with Crippen LogP contribution in [0.3, 0.4) is 0 Å². The first-order chi connectivity index (χ1) is 29.5. The Bertz CT molecular complexity index is 3290. The second-order valence-corrected chi connectivity index (χ2v) is 20.6. The van der Waals surface area contributed by atoms with Crippen LogP contribution < -0.4 is 20.7 Å². The third-order valence-electron chi connectivity index (χ3n) is 13.4. The first-order valence-electron chi connectivity index (χ1n) is 20.9. The molecule has 0 saturated carbocycles. The Morgan fingerprint density at radius 1 is 0.350 bits per heavy atom. The minimum Gasteiger partial charge on any atom is -0.245 e. The van der Waals surface area contributed by atoms with Gasteiger partial charge in [-0.3, -0.25) is 0 Å². The van der Waals surface area contributed by atoms with Gasteiger partial charge in [0.2, 0.25) is 0 Å². The van der Waals surface area contributed by atoms with E-state index >= 15 is 0 Å². The highest BCUT2D eigenvalue weighted by atomic mass is 28.3. The van der Waals surface area contributed by atoms with Crippen molar-refractivity contribution in [3.05, 3.63) is 217 Å². The fraction of sp³-hybridized carbons (Fsp3) is 0.0526. The summed E-state index contributed by atoms with van der Waals surface area (Å²) in [7, 11) is -2.50. The highest BCUT2D eigenvalue weighted by molar-refractivity contribution is 7.22. The first-order valence-corrected chi connectivity index (χ1v) is 22.9. The van der Waals surface area contributed by atoms with E-state index in [9.17, 15) is 0 Å². The van der Waals surface area contributed by atoms with Crippen molar-refractivity contribution in [2.75, 3.05) is 0 Å². The molecule has 10 aromatic rings. The molecule has 60 heavy (non-hydrogen) atoms. The Morgan fingerprint density at radius 2 is 0.850 bits per heavy atom. The number of hydrogen-bond donors (Lipinski definition) is 0. The molecule has 8 aromatic carbocycles. The summed E-state index contributed by atoms with van der Waals surface area (Å²) in [6, 6.07) is 76.2. The average Bonchev–Trinajstić information content (AvgIpc) is 3.74. The molecule has 2 aliphatic rings. The molecule has 0 radical (unpaired) electrons. The minimum absolute atomic E-state index is 0.0678. The normalized spacial score (nSPS) is 14.1. The zero-order chi connectivity index (χ0) is 40.0. The molecular formula is C57H40N2Si. The van der Waals surface area contributed by atoms with Crippen molar-refractivity contribution in [3.8, 4) is 55.9 Å². The number of nitrogens with zero attached hydrogens (tertiary/aromatic N) is 2. The molecule has 0 spiro atoms. The molecule has 12 rings (SSSR count). The highest BCUT2D eigenvalue weighted by Crippen LogP contribution is 2.49. The molecule has 0 amide bonds. The van der Waals surface area contributed by atoms with E-state index in [0.29, 0.717) is 0 Å². The molecule has 1 aliphatic carbocycles. The van der Waals surface area contributed by atoms with Gasteiger partial charge in [0, 0.05) is 27.3 Å². The second-order valence-electron chi connectivity index (χ2n) is 16.9. The van der Waals surface area contributed by atoms with Crippen LogP contribution >= 0.6 is 0 Å². The van der Waals surface area contributed by atoms with Gasteiger partial charge in [0.25, 0.3) is 0 Å². The lowest BCUT2D eigenvalue weighted by Crippen LogP contribution is -2.72. The van der Waals surface area contributed by atoms with Gasteiger partial charge in [-0.25, -0.2) is 9.97 Å². The Labute approximate surface area is 351 Å². The van der Waals surface area contributed by atoms with Crippen LogP contribution in [0, 0.1) is 0 Å². The summed E-state index contributed by atoms with van der Waals surface area (Å²) in [5.74, 6) is 0. The van der Waals surface area contributed by atoms with E-state index in [1.54, 1.807) is 0 Å². The van der Waals surface area contributed by atoms with Gasteiger partial charge in [-0.2, -0.15) is 0 Å². The second kappa shape index (κ2) is 13.2. The van der Waals surface area contributed by atoms with Gasteiger partial charge in [0.1, 0.15) is 0 Å². The van der Waals surface area contributed by atoms with Gasteiger partial charge in [-0.15, -0.1) is 0 Å². The molecule has 0 bridgehead atoms. The van der Waals surface area contributed by atoms with Crippen LogP contribution in [0.5, 0.6) is 0 Å². The molecule has 3 heteroatoms. The quantitative estimate of drug-likeness (QED) is 0.128. The fourth-order valence-corrected chi connectivity index (χ4v) is 15.6. The lowest BCUT2D eigenvalue weighted by atomic mass is 9.82. The van der Waals surface area contributed by atoms with E-state index in [1.165, 1.54) is 65.3 Å². The Kier molecular flexibility index (Phi) is 7.63. The van der Waals surface area contributed by atoms with Crippen molar-refractivity contribution in [2.24, 2.45) is 0 Å². The predicted octanol–water partition coefficient (Wildman–Crippen LogP) is 11.4. The smallest absolute Gasteiger partial charge is 0.180 e. The number of fused-ring (bicyclic) bond motifs is 9. The number of aromatic nitrogens is 2. The molecule has 282 valence electrons. The zero-order valence-corrected chi connectivity index (χ0v) is 34.5. The van der Waals surface area contributed by atoms with E-state index < -0.39 is 8.07 Å². The summed E-state index contributed by atoms with van der Waals surface area (Å²) < 4.78 is 0. The van der Waals surface area contributed by atoms with E-state index in [-0.39, 0.29) is 5.41 Å². The van der Waals surface area contributed by atoms with Gasteiger partial charge in [0.15, 0.2) is 8.07 Å². The van der Waals surface area contributed by atoms with E-state index in [2.05, 4.69) is 220 Å². The standard InChI is InChI=1S/C57H40N2Si/c1-57(2)49-19-11-9-17-45(49)46-31-27-42(36-50(46)57)52-33-29-40-26-25-39-28-32-51(58-55(39)56(40)59-52)38-23-21-37(22-24-38)41-30-34-54-48(35-41)47-18-10-12-20-53(47)60(54,43-13-5-3-6-14-43)44-15-7-4-8-16-44/h3-36H,1-2H3. The van der Waals surface area contributed by atoms with Crippen molar-refractivity contribution in [1.82, 2.24) is 9.97 Å². The monoisotopic (exact) mass is 780 g/mol. The van der Waals surface area contributed by atoms with Crippen molar-refractivity contribution in [2.45, 2.75) is 19.3 Å². The molecule has 0 atom stereocenters. The molecule has 0 fully saturated rings. The zero-order valence-electron chi connectivity index (χ0n) is 33.5. The number of benzene rings is 8. The third-order valence-corrected chi connectivity index (χ3v) is 18.3. The third kappa shape index (κ3) is 5.06. The Morgan fingerprint density at radius 3 is 1.53 bits per heavy atom. The van der Waals surface area contributed by atoms with Crippen LogP contribution in [0.2, 0.25) is 0 Å².